The summed E-state index contributed by atoms with van der Waals surface area (Å²) in [4.78, 5) is 13.7. The van der Waals surface area contributed by atoms with Gasteiger partial charge in [-0.15, -0.1) is 0 Å². The molecule has 19 heavy (non-hydrogen) atoms. The molecule has 102 valence electrons. The summed E-state index contributed by atoms with van der Waals surface area (Å²) in [5.74, 6) is -1.95. The standard InChI is InChI=1S/C14H15F2NO2/c15-11-2-1-3-12(16)13(11)9-6-10(9)14(19)17-5-4-8(18)7-17/h1-3,8-10,18H,4-7H2/t8-,9?,10?/m1/s1. The molecular formula is C14H15F2NO2. The second kappa shape index (κ2) is 4.56. The maximum atomic E-state index is 13.6. The number of carbonyl (C=O) groups is 1. The van der Waals surface area contributed by atoms with Gasteiger partial charge in [0.1, 0.15) is 11.6 Å². The average Bonchev–Trinajstić information content (AvgIpc) is 3.02. The Balaban J connectivity index is 1.72. The summed E-state index contributed by atoms with van der Waals surface area (Å²) >= 11 is 0. The lowest BCUT2D eigenvalue weighted by molar-refractivity contribution is -0.131. The highest BCUT2D eigenvalue weighted by Crippen LogP contribution is 2.50. The van der Waals surface area contributed by atoms with Crippen LogP contribution in [0, 0.1) is 17.6 Å². The largest absolute Gasteiger partial charge is 0.391 e. The van der Waals surface area contributed by atoms with Gasteiger partial charge in [0.25, 0.3) is 0 Å². The van der Waals surface area contributed by atoms with E-state index in [0.29, 0.717) is 25.9 Å². The molecule has 2 aliphatic rings. The van der Waals surface area contributed by atoms with Gasteiger partial charge in [-0.3, -0.25) is 4.79 Å². The van der Waals surface area contributed by atoms with Gasteiger partial charge in [-0.25, -0.2) is 8.78 Å². The SMILES string of the molecule is O=C(C1CC1c1c(F)cccc1F)N1CC[C@@H](O)C1. The van der Waals surface area contributed by atoms with E-state index in [9.17, 15) is 18.7 Å². The minimum atomic E-state index is -0.582. The second-order valence-electron chi connectivity index (χ2n) is 5.31. The van der Waals surface area contributed by atoms with Gasteiger partial charge in [0.2, 0.25) is 5.91 Å². The van der Waals surface area contributed by atoms with Crippen molar-refractivity contribution in [1.82, 2.24) is 4.90 Å². The van der Waals surface area contributed by atoms with Gasteiger partial charge < -0.3 is 10.0 Å². The summed E-state index contributed by atoms with van der Waals surface area (Å²) in [5, 5.41) is 9.41. The number of likely N-dealkylation sites (tertiary alicyclic amines) is 1. The monoisotopic (exact) mass is 267 g/mol. The number of nitrogens with zero attached hydrogens (tertiary/aromatic N) is 1. The summed E-state index contributed by atoms with van der Waals surface area (Å²) in [6.07, 6.45) is 0.604. The molecule has 0 radical (unpaired) electrons. The van der Waals surface area contributed by atoms with Crippen molar-refractivity contribution in [3.8, 4) is 0 Å². The van der Waals surface area contributed by atoms with Crippen molar-refractivity contribution < 1.29 is 18.7 Å². The van der Waals surface area contributed by atoms with Gasteiger partial charge in [0.05, 0.1) is 6.10 Å². The van der Waals surface area contributed by atoms with Crippen molar-refractivity contribution in [2.45, 2.75) is 24.9 Å². The molecular weight excluding hydrogens is 252 g/mol. The fraction of sp³-hybridized carbons (Fsp3) is 0.500. The van der Waals surface area contributed by atoms with Crippen molar-refractivity contribution >= 4 is 5.91 Å². The number of aliphatic hydroxyl groups is 1. The zero-order chi connectivity index (χ0) is 13.6. The molecule has 1 N–H and O–H groups in total. The molecule has 2 fully saturated rings. The Kier molecular flexibility index (Phi) is 3.01. The van der Waals surface area contributed by atoms with E-state index >= 15 is 0 Å². The highest BCUT2D eigenvalue weighted by atomic mass is 19.1. The van der Waals surface area contributed by atoms with Crippen molar-refractivity contribution in [3.05, 3.63) is 35.4 Å². The lowest BCUT2D eigenvalue weighted by Crippen LogP contribution is -2.31. The fourth-order valence-electron chi connectivity index (χ4n) is 2.83. The minimum absolute atomic E-state index is 0.0283. The van der Waals surface area contributed by atoms with E-state index in [1.807, 2.05) is 0 Å². The van der Waals surface area contributed by atoms with Crippen LogP contribution >= 0.6 is 0 Å². The molecule has 1 aromatic rings. The highest BCUT2D eigenvalue weighted by Gasteiger charge is 2.48. The van der Waals surface area contributed by atoms with Crippen LogP contribution < -0.4 is 0 Å². The van der Waals surface area contributed by atoms with Crippen LogP contribution in [0.5, 0.6) is 0 Å². The first-order valence-electron chi connectivity index (χ1n) is 6.48. The second-order valence-corrected chi connectivity index (χ2v) is 5.31. The molecule has 0 aromatic heterocycles. The molecule has 1 heterocycles. The van der Waals surface area contributed by atoms with Gasteiger partial charge >= 0.3 is 0 Å². The van der Waals surface area contributed by atoms with E-state index in [0.717, 1.165) is 0 Å². The van der Waals surface area contributed by atoms with Crippen molar-refractivity contribution in [1.29, 1.82) is 0 Å². The van der Waals surface area contributed by atoms with E-state index in [2.05, 4.69) is 0 Å². The van der Waals surface area contributed by atoms with Crippen LogP contribution in [0.1, 0.15) is 24.3 Å². The van der Waals surface area contributed by atoms with Crippen LogP contribution in [0.2, 0.25) is 0 Å². The van der Waals surface area contributed by atoms with Crippen LogP contribution in [0.3, 0.4) is 0 Å². The summed E-state index contributed by atoms with van der Waals surface area (Å²) in [5.41, 5.74) is 0.0283. The average molecular weight is 267 g/mol. The number of carbonyl (C=O) groups excluding carboxylic acids is 1. The molecule has 1 saturated heterocycles. The molecule has 3 rings (SSSR count). The predicted octanol–water partition coefficient (Wildman–Crippen LogP) is 1.66. The van der Waals surface area contributed by atoms with Gasteiger partial charge in [0, 0.05) is 30.5 Å². The summed E-state index contributed by atoms with van der Waals surface area (Å²) in [6, 6.07) is 3.76. The third-order valence-corrected chi connectivity index (χ3v) is 3.95. The third-order valence-electron chi connectivity index (χ3n) is 3.95. The molecule has 3 atom stereocenters. The van der Waals surface area contributed by atoms with Gasteiger partial charge in [-0.05, 0) is 25.0 Å². The fourth-order valence-corrected chi connectivity index (χ4v) is 2.83. The number of hydrogen-bond donors (Lipinski definition) is 1. The van der Waals surface area contributed by atoms with E-state index in [4.69, 9.17) is 0 Å². The zero-order valence-electron chi connectivity index (χ0n) is 10.4. The topological polar surface area (TPSA) is 40.5 Å². The third kappa shape index (κ3) is 2.23. The Labute approximate surface area is 109 Å². The molecule has 5 heteroatoms. The number of amides is 1. The van der Waals surface area contributed by atoms with Gasteiger partial charge in [0.15, 0.2) is 0 Å². The van der Waals surface area contributed by atoms with Crippen LogP contribution in [-0.4, -0.2) is 35.1 Å². The van der Waals surface area contributed by atoms with Crippen LogP contribution in [0.4, 0.5) is 8.78 Å². The normalized spacial score (nSPS) is 29.6. The molecule has 0 bridgehead atoms. The Bertz CT molecular complexity index is 500. The molecule has 1 aliphatic carbocycles. The molecule has 1 aromatic carbocycles. The smallest absolute Gasteiger partial charge is 0.226 e. The Morgan fingerprint density at radius 2 is 2.00 bits per heavy atom. The summed E-state index contributed by atoms with van der Waals surface area (Å²) < 4.78 is 27.2. The molecule has 1 aliphatic heterocycles. The first kappa shape index (κ1) is 12.5. The summed E-state index contributed by atoms with van der Waals surface area (Å²) in [6.45, 7) is 0.866. The summed E-state index contributed by atoms with van der Waals surface area (Å²) in [7, 11) is 0. The van der Waals surface area contributed by atoms with Crippen molar-refractivity contribution in [2.75, 3.05) is 13.1 Å². The quantitative estimate of drug-likeness (QED) is 0.885. The lowest BCUT2D eigenvalue weighted by atomic mass is 10.1. The highest BCUT2D eigenvalue weighted by molar-refractivity contribution is 5.83. The minimum Gasteiger partial charge on any atom is -0.391 e. The first-order chi connectivity index (χ1) is 9.08. The molecule has 2 unspecified atom stereocenters. The maximum Gasteiger partial charge on any atom is 0.226 e. The first-order valence-corrected chi connectivity index (χ1v) is 6.48. The molecule has 3 nitrogen and oxygen atoms in total. The van der Waals surface area contributed by atoms with E-state index in [-0.39, 0.29) is 23.3 Å². The van der Waals surface area contributed by atoms with E-state index < -0.39 is 17.7 Å². The number of benzene rings is 1. The Morgan fingerprint density at radius 3 is 2.58 bits per heavy atom. The maximum absolute atomic E-state index is 13.6. The zero-order valence-corrected chi connectivity index (χ0v) is 10.4. The van der Waals surface area contributed by atoms with E-state index in [1.54, 1.807) is 4.90 Å². The molecule has 1 amide bonds. The lowest BCUT2D eigenvalue weighted by Gasteiger charge is -2.15. The number of hydrogen-bond acceptors (Lipinski definition) is 2. The van der Waals surface area contributed by atoms with Crippen LogP contribution in [0.25, 0.3) is 0 Å². The van der Waals surface area contributed by atoms with E-state index in [1.165, 1.54) is 18.2 Å². The Hall–Kier alpha value is -1.49. The number of aliphatic hydroxyl groups excluding tert-OH is 1. The van der Waals surface area contributed by atoms with Crippen molar-refractivity contribution in [2.24, 2.45) is 5.92 Å². The van der Waals surface area contributed by atoms with Gasteiger partial charge in [-0.2, -0.15) is 0 Å². The molecule has 1 saturated carbocycles. The number of β-amino-alcohol motifs (C(OH)–C–C–N with tert-alkyl or cyclic N) is 1. The van der Waals surface area contributed by atoms with Crippen LogP contribution in [-0.2, 0) is 4.79 Å². The number of rotatable bonds is 2. The number of halogens is 2. The van der Waals surface area contributed by atoms with Crippen LogP contribution in [0.15, 0.2) is 18.2 Å². The van der Waals surface area contributed by atoms with Crippen molar-refractivity contribution in [3.63, 3.8) is 0 Å². The predicted molar refractivity (Wildman–Crippen MR) is 64.4 cm³/mol. The Morgan fingerprint density at radius 1 is 1.32 bits per heavy atom. The molecule has 0 spiro atoms. The van der Waals surface area contributed by atoms with Gasteiger partial charge in [-0.1, -0.05) is 6.07 Å².